The zero-order valence-electron chi connectivity index (χ0n) is 20.0. The van der Waals surface area contributed by atoms with Gasteiger partial charge >= 0.3 is 5.97 Å². The number of esters is 1. The third-order valence-corrected chi connectivity index (χ3v) is 10.1. The largest absolute Gasteiger partial charge is 0.472 e. The minimum absolute atomic E-state index is 0.00633. The van der Waals surface area contributed by atoms with E-state index < -0.39 is 11.5 Å². The van der Waals surface area contributed by atoms with E-state index in [0.29, 0.717) is 13.0 Å². The minimum atomic E-state index is -0.573. The van der Waals surface area contributed by atoms with Crippen LogP contribution in [0.15, 0.2) is 46.3 Å². The van der Waals surface area contributed by atoms with Crippen LogP contribution in [0.25, 0.3) is 0 Å². The van der Waals surface area contributed by atoms with Crippen LogP contribution >= 0.6 is 0 Å². The fraction of sp³-hybridized carbons (Fsp3) is 0.667. The molecule has 10 atom stereocenters. The van der Waals surface area contributed by atoms with Gasteiger partial charge in [0.15, 0.2) is 0 Å². The molecule has 1 aromatic rings. The van der Waals surface area contributed by atoms with Crippen LogP contribution in [0, 0.1) is 28.1 Å². The molecule has 2 saturated heterocycles. The lowest BCUT2D eigenvalue weighted by atomic mass is 9.42. The van der Waals surface area contributed by atoms with Crippen molar-refractivity contribution in [2.45, 2.75) is 70.9 Å². The number of furan rings is 1. The Morgan fingerprint density at radius 1 is 1.30 bits per heavy atom. The number of methoxy groups -OCH3 is 1. The number of carbonyl (C=O) groups is 1. The van der Waals surface area contributed by atoms with Crippen molar-refractivity contribution in [2.75, 3.05) is 13.7 Å². The molecule has 6 heteroatoms. The molecule has 0 spiro atoms. The van der Waals surface area contributed by atoms with E-state index >= 15 is 0 Å². The number of aliphatic hydroxyl groups excluding tert-OH is 1. The normalized spacial score (nSPS) is 49.7. The second-order valence-corrected chi connectivity index (χ2v) is 11.5. The molecule has 6 rings (SSSR count). The Balaban J connectivity index is 1.54. The maximum Gasteiger partial charge on any atom is 0.305 e. The zero-order chi connectivity index (χ0) is 23.3. The lowest BCUT2D eigenvalue weighted by Gasteiger charge is -2.61. The SMILES string of the molecule is COC(=O)C[C@@H]1[C@@]2(C)C=CC(O)[C@@]3(C)CO[C@@H]([C@H]4O[C@@H]5C[C@@H](c6ccoc6)C(C)=C5[C@]41C)[C@H]23. The molecule has 0 radical (unpaired) electrons. The zero-order valence-corrected chi connectivity index (χ0v) is 20.0. The Morgan fingerprint density at radius 3 is 2.79 bits per heavy atom. The Hall–Kier alpha value is -1.89. The van der Waals surface area contributed by atoms with Gasteiger partial charge in [-0.1, -0.05) is 38.5 Å². The fourth-order valence-electron chi connectivity index (χ4n) is 8.70. The third kappa shape index (κ3) is 2.52. The first-order chi connectivity index (χ1) is 15.7. The molecule has 178 valence electrons. The molecule has 1 aromatic heterocycles. The van der Waals surface area contributed by atoms with Crippen LogP contribution in [-0.4, -0.2) is 49.2 Å². The molecule has 0 aromatic carbocycles. The molecule has 1 saturated carbocycles. The monoisotopic (exact) mass is 454 g/mol. The van der Waals surface area contributed by atoms with Gasteiger partial charge in [-0.05, 0) is 41.9 Å². The molecule has 1 unspecified atom stereocenters. The van der Waals surface area contributed by atoms with Gasteiger partial charge in [0.1, 0.15) is 0 Å². The summed E-state index contributed by atoms with van der Waals surface area (Å²) < 4.78 is 23.9. The summed E-state index contributed by atoms with van der Waals surface area (Å²) in [6.45, 7) is 9.36. The fourth-order valence-corrected chi connectivity index (χ4v) is 8.70. The molecular formula is C27H34O6. The van der Waals surface area contributed by atoms with Crippen LogP contribution in [0.5, 0.6) is 0 Å². The maximum absolute atomic E-state index is 12.8. The van der Waals surface area contributed by atoms with Crippen LogP contribution in [0.3, 0.4) is 0 Å². The first-order valence-electron chi connectivity index (χ1n) is 12.1. The first-order valence-corrected chi connectivity index (χ1v) is 12.1. The second kappa shape index (κ2) is 6.83. The molecule has 3 fully saturated rings. The maximum atomic E-state index is 12.8. The molecule has 0 bridgehead atoms. The average Bonchev–Trinajstić information content (AvgIpc) is 3.54. The van der Waals surface area contributed by atoms with Crippen molar-refractivity contribution in [1.82, 2.24) is 0 Å². The predicted molar refractivity (Wildman–Crippen MR) is 120 cm³/mol. The average molecular weight is 455 g/mol. The van der Waals surface area contributed by atoms with Crippen molar-refractivity contribution in [3.63, 3.8) is 0 Å². The summed E-state index contributed by atoms with van der Waals surface area (Å²) in [6.07, 6.45) is 7.96. The van der Waals surface area contributed by atoms with Crippen molar-refractivity contribution in [3.05, 3.63) is 47.5 Å². The predicted octanol–water partition coefficient (Wildman–Crippen LogP) is 4.01. The first kappa shape index (κ1) is 21.6. The summed E-state index contributed by atoms with van der Waals surface area (Å²) in [6, 6.07) is 2.04. The van der Waals surface area contributed by atoms with Crippen molar-refractivity contribution in [1.29, 1.82) is 0 Å². The lowest BCUT2D eigenvalue weighted by Crippen LogP contribution is -2.65. The lowest BCUT2D eigenvalue weighted by molar-refractivity contribution is -0.181. The standard InChI is InChI=1S/C27H34O6/c1-14-16(15-7-9-31-12-15)10-17-21(14)27(4)18(11-20(29)30-5)25(2)8-6-19(28)26(3)13-32-22(23(25)26)24(27)33-17/h6-9,12,16-19,22-24,28H,10-11,13H2,1-5H3/t16-,17-,18-,19?,22-,23-,24-,25-,26-,27-/m1/s1. The summed E-state index contributed by atoms with van der Waals surface area (Å²) in [4.78, 5) is 12.8. The van der Waals surface area contributed by atoms with Crippen LogP contribution in [0.1, 0.15) is 52.0 Å². The summed E-state index contributed by atoms with van der Waals surface area (Å²) >= 11 is 0. The van der Waals surface area contributed by atoms with Gasteiger partial charge in [0.05, 0.1) is 57.1 Å². The number of carbonyl (C=O) groups excluding carboxylic acids is 1. The van der Waals surface area contributed by atoms with Crippen molar-refractivity contribution < 1.29 is 28.5 Å². The highest BCUT2D eigenvalue weighted by Crippen LogP contribution is 2.72. The molecule has 2 aliphatic heterocycles. The molecule has 6 nitrogen and oxygen atoms in total. The number of fused-ring (bicyclic) bond motifs is 4. The number of allylic oxidation sites excluding steroid dienone is 2. The highest BCUT2D eigenvalue weighted by molar-refractivity contribution is 5.70. The number of hydrogen-bond acceptors (Lipinski definition) is 6. The number of aliphatic hydroxyl groups is 1. The van der Waals surface area contributed by atoms with Crippen molar-refractivity contribution in [3.8, 4) is 0 Å². The topological polar surface area (TPSA) is 78.1 Å². The summed E-state index contributed by atoms with van der Waals surface area (Å²) in [5.41, 5.74) is 2.69. The van der Waals surface area contributed by atoms with Gasteiger partial charge in [0, 0.05) is 22.7 Å². The van der Waals surface area contributed by atoms with E-state index in [0.717, 1.165) is 6.42 Å². The summed E-state index contributed by atoms with van der Waals surface area (Å²) in [5.74, 6) is 0.0730. The number of rotatable bonds is 3. The van der Waals surface area contributed by atoms with Crippen molar-refractivity contribution in [2.24, 2.45) is 28.1 Å². The molecule has 33 heavy (non-hydrogen) atoms. The van der Waals surface area contributed by atoms with Crippen LogP contribution in [0.2, 0.25) is 0 Å². The van der Waals surface area contributed by atoms with Gasteiger partial charge in [-0.2, -0.15) is 0 Å². The van der Waals surface area contributed by atoms with Crippen LogP contribution in [0.4, 0.5) is 0 Å². The van der Waals surface area contributed by atoms with E-state index in [1.54, 1.807) is 6.26 Å². The smallest absolute Gasteiger partial charge is 0.305 e. The van der Waals surface area contributed by atoms with Crippen LogP contribution in [-0.2, 0) is 19.0 Å². The molecule has 3 aliphatic carbocycles. The van der Waals surface area contributed by atoms with E-state index in [-0.39, 0.29) is 52.9 Å². The third-order valence-electron chi connectivity index (χ3n) is 10.1. The summed E-state index contributed by atoms with van der Waals surface area (Å²) in [7, 11) is 1.46. The van der Waals surface area contributed by atoms with E-state index in [2.05, 4.69) is 33.8 Å². The number of ether oxygens (including phenoxy) is 3. The molecule has 3 heterocycles. The summed E-state index contributed by atoms with van der Waals surface area (Å²) in [5, 5.41) is 11.0. The van der Waals surface area contributed by atoms with E-state index in [1.165, 1.54) is 23.8 Å². The van der Waals surface area contributed by atoms with Crippen LogP contribution < -0.4 is 0 Å². The highest BCUT2D eigenvalue weighted by atomic mass is 16.6. The van der Waals surface area contributed by atoms with E-state index in [4.69, 9.17) is 18.6 Å². The Morgan fingerprint density at radius 2 is 2.09 bits per heavy atom. The molecular weight excluding hydrogens is 420 g/mol. The van der Waals surface area contributed by atoms with Gasteiger partial charge in [0.25, 0.3) is 0 Å². The minimum Gasteiger partial charge on any atom is -0.472 e. The quantitative estimate of drug-likeness (QED) is 0.549. The number of hydrogen-bond donors (Lipinski definition) is 1. The van der Waals surface area contributed by atoms with Gasteiger partial charge in [-0.25, -0.2) is 0 Å². The Labute approximate surface area is 195 Å². The van der Waals surface area contributed by atoms with Gasteiger partial charge in [-0.3, -0.25) is 4.79 Å². The Bertz CT molecular complexity index is 1040. The highest BCUT2D eigenvalue weighted by Gasteiger charge is 2.74. The Kier molecular flexibility index (Phi) is 4.48. The van der Waals surface area contributed by atoms with Crippen molar-refractivity contribution >= 4 is 5.97 Å². The van der Waals surface area contributed by atoms with Gasteiger partial charge in [-0.15, -0.1) is 0 Å². The molecule has 1 N–H and O–H groups in total. The second-order valence-electron chi connectivity index (χ2n) is 11.5. The molecule has 0 amide bonds. The van der Waals surface area contributed by atoms with E-state index in [1.807, 2.05) is 18.4 Å². The van der Waals surface area contributed by atoms with E-state index in [9.17, 15) is 9.90 Å². The van der Waals surface area contributed by atoms with Gasteiger partial charge < -0.3 is 23.7 Å². The molecule has 5 aliphatic rings. The van der Waals surface area contributed by atoms with Gasteiger partial charge in [0.2, 0.25) is 0 Å².